The minimum absolute atomic E-state index is 0.448. The SMILES string of the molecule is O=CCCSCCN(CCc1cccc(Cl)c1)C(=O)O. The molecule has 0 spiro atoms. The van der Waals surface area contributed by atoms with E-state index in [1.165, 1.54) is 4.90 Å². The maximum absolute atomic E-state index is 11.1. The largest absolute Gasteiger partial charge is 0.465 e. The number of amides is 1. The molecule has 0 aliphatic carbocycles. The van der Waals surface area contributed by atoms with Gasteiger partial charge in [-0.2, -0.15) is 11.8 Å². The van der Waals surface area contributed by atoms with Crippen LogP contribution in [0.15, 0.2) is 24.3 Å². The zero-order valence-electron chi connectivity index (χ0n) is 11.1. The molecule has 0 aromatic heterocycles. The van der Waals surface area contributed by atoms with Crippen LogP contribution < -0.4 is 0 Å². The molecular weight excluding hydrogens is 298 g/mol. The van der Waals surface area contributed by atoms with Crippen molar-refractivity contribution >= 4 is 35.7 Å². The molecule has 1 aromatic rings. The van der Waals surface area contributed by atoms with E-state index in [-0.39, 0.29) is 0 Å². The molecule has 4 nitrogen and oxygen atoms in total. The number of hydrogen-bond donors (Lipinski definition) is 1. The number of aldehydes is 1. The second-order valence-electron chi connectivity index (χ2n) is 4.22. The van der Waals surface area contributed by atoms with Gasteiger partial charge in [0.25, 0.3) is 0 Å². The lowest BCUT2D eigenvalue weighted by Gasteiger charge is -2.18. The highest BCUT2D eigenvalue weighted by Crippen LogP contribution is 2.12. The maximum Gasteiger partial charge on any atom is 0.407 e. The Hall–Kier alpha value is -1.20. The summed E-state index contributed by atoms with van der Waals surface area (Å²) in [6.45, 7) is 0.920. The number of thioether (sulfide) groups is 1. The molecule has 0 saturated heterocycles. The number of carboxylic acid groups (broad SMARTS) is 1. The number of halogens is 1. The average molecular weight is 316 g/mol. The molecule has 20 heavy (non-hydrogen) atoms. The summed E-state index contributed by atoms with van der Waals surface area (Å²) in [7, 11) is 0. The van der Waals surface area contributed by atoms with Crippen molar-refractivity contribution in [1.29, 1.82) is 0 Å². The topological polar surface area (TPSA) is 57.6 Å². The Morgan fingerprint density at radius 3 is 2.80 bits per heavy atom. The molecule has 0 heterocycles. The monoisotopic (exact) mass is 315 g/mol. The third-order valence-electron chi connectivity index (χ3n) is 2.72. The zero-order chi connectivity index (χ0) is 14.8. The van der Waals surface area contributed by atoms with Crippen molar-refractivity contribution in [2.75, 3.05) is 24.6 Å². The Morgan fingerprint density at radius 2 is 2.15 bits per heavy atom. The summed E-state index contributed by atoms with van der Waals surface area (Å²) in [5, 5.41) is 9.80. The van der Waals surface area contributed by atoms with Gasteiger partial charge in [0.05, 0.1) is 0 Å². The summed E-state index contributed by atoms with van der Waals surface area (Å²) in [5.74, 6) is 1.45. The van der Waals surface area contributed by atoms with E-state index in [1.807, 2.05) is 18.2 Å². The molecule has 1 amide bonds. The maximum atomic E-state index is 11.1. The molecule has 1 N–H and O–H groups in total. The number of carbonyl (C=O) groups excluding carboxylic acids is 1. The molecule has 0 saturated carbocycles. The number of nitrogens with zero attached hydrogens (tertiary/aromatic N) is 1. The molecule has 0 aliphatic rings. The van der Waals surface area contributed by atoms with Crippen LogP contribution >= 0.6 is 23.4 Å². The predicted molar refractivity (Wildman–Crippen MR) is 82.8 cm³/mol. The third kappa shape index (κ3) is 6.82. The standard InChI is InChI=1S/C14H18ClNO3S/c15-13-4-1-3-12(11-13)5-6-16(14(18)19)7-10-20-9-2-8-17/h1,3-4,8,11H,2,5-7,9-10H2,(H,18,19). The third-order valence-corrected chi connectivity index (χ3v) is 3.95. The lowest BCUT2D eigenvalue weighted by molar-refractivity contribution is -0.107. The van der Waals surface area contributed by atoms with Crippen LogP contribution in [0.3, 0.4) is 0 Å². The van der Waals surface area contributed by atoms with Crippen molar-refractivity contribution in [3.63, 3.8) is 0 Å². The van der Waals surface area contributed by atoms with Gasteiger partial charge in [0.1, 0.15) is 6.29 Å². The van der Waals surface area contributed by atoms with Crippen LogP contribution in [0.4, 0.5) is 4.79 Å². The van der Waals surface area contributed by atoms with Crippen LogP contribution in [0.1, 0.15) is 12.0 Å². The predicted octanol–water partition coefficient (Wildman–Crippen LogP) is 3.18. The Balaban J connectivity index is 2.35. The fourth-order valence-corrected chi connectivity index (χ4v) is 2.70. The fraction of sp³-hybridized carbons (Fsp3) is 0.429. The Bertz CT molecular complexity index is 442. The Labute approximate surface area is 128 Å². The van der Waals surface area contributed by atoms with Crippen LogP contribution in [0.2, 0.25) is 5.02 Å². The van der Waals surface area contributed by atoms with Crippen molar-refractivity contribution in [3.8, 4) is 0 Å². The Kier molecular flexibility index (Phi) is 8.14. The average Bonchev–Trinajstić information content (AvgIpc) is 2.41. The highest BCUT2D eigenvalue weighted by Gasteiger charge is 2.11. The second kappa shape index (κ2) is 9.66. The zero-order valence-corrected chi connectivity index (χ0v) is 12.7. The van der Waals surface area contributed by atoms with Gasteiger partial charge in [-0.1, -0.05) is 23.7 Å². The van der Waals surface area contributed by atoms with Crippen molar-refractivity contribution in [1.82, 2.24) is 4.90 Å². The van der Waals surface area contributed by atoms with E-state index in [9.17, 15) is 9.59 Å². The van der Waals surface area contributed by atoms with Crippen molar-refractivity contribution in [2.24, 2.45) is 0 Å². The fourth-order valence-electron chi connectivity index (χ4n) is 1.67. The summed E-state index contributed by atoms with van der Waals surface area (Å²) in [4.78, 5) is 22.7. The van der Waals surface area contributed by atoms with Gasteiger partial charge >= 0.3 is 6.09 Å². The number of benzene rings is 1. The number of hydrogen-bond acceptors (Lipinski definition) is 3. The molecule has 6 heteroatoms. The van der Waals surface area contributed by atoms with Crippen LogP contribution in [-0.2, 0) is 11.2 Å². The quantitative estimate of drug-likeness (QED) is 0.561. The van der Waals surface area contributed by atoms with Gasteiger partial charge in [-0.25, -0.2) is 4.79 Å². The minimum atomic E-state index is -0.914. The van der Waals surface area contributed by atoms with Gasteiger partial charge in [-0.05, 0) is 29.9 Å². The molecule has 1 rings (SSSR count). The van der Waals surface area contributed by atoms with Gasteiger partial charge in [0, 0.05) is 30.3 Å². The van der Waals surface area contributed by atoms with Gasteiger partial charge in [0.15, 0.2) is 0 Å². The first kappa shape index (κ1) is 16.9. The molecule has 1 aromatic carbocycles. The summed E-state index contributed by atoms with van der Waals surface area (Å²) >= 11 is 7.48. The summed E-state index contributed by atoms with van der Waals surface area (Å²) in [6.07, 6.45) is 1.12. The van der Waals surface area contributed by atoms with E-state index in [0.29, 0.717) is 36.7 Å². The Morgan fingerprint density at radius 1 is 1.35 bits per heavy atom. The van der Waals surface area contributed by atoms with Gasteiger partial charge in [-0.15, -0.1) is 0 Å². The highest BCUT2D eigenvalue weighted by molar-refractivity contribution is 7.99. The summed E-state index contributed by atoms with van der Waals surface area (Å²) in [6, 6.07) is 7.44. The van der Waals surface area contributed by atoms with Crippen molar-refractivity contribution < 1.29 is 14.7 Å². The van der Waals surface area contributed by atoms with Crippen molar-refractivity contribution in [3.05, 3.63) is 34.9 Å². The normalized spacial score (nSPS) is 10.2. The van der Waals surface area contributed by atoms with Crippen LogP contribution in [-0.4, -0.2) is 47.0 Å². The van der Waals surface area contributed by atoms with Gasteiger partial charge < -0.3 is 14.8 Å². The van der Waals surface area contributed by atoms with E-state index in [2.05, 4.69) is 0 Å². The molecule has 0 bridgehead atoms. The highest BCUT2D eigenvalue weighted by atomic mass is 35.5. The van der Waals surface area contributed by atoms with Gasteiger partial charge in [0.2, 0.25) is 0 Å². The molecule has 0 aliphatic heterocycles. The van der Waals surface area contributed by atoms with Crippen molar-refractivity contribution in [2.45, 2.75) is 12.8 Å². The smallest absolute Gasteiger partial charge is 0.407 e. The molecule has 0 atom stereocenters. The minimum Gasteiger partial charge on any atom is -0.465 e. The lowest BCUT2D eigenvalue weighted by Crippen LogP contribution is -2.33. The summed E-state index contributed by atoms with van der Waals surface area (Å²) < 4.78 is 0. The number of carbonyl (C=O) groups is 2. The van der Waals surface area contributed by atoms with Crippen LogP contribution in [0, 0.1) is 0 Å². The first-order valence-corrected chi connectivity index (χ1v) is 7.90. The van der Waals surface area contributed by atoms with E-state index < -0.39 is 6.09 Å². The van der Waals surface area contributed by atoms with Crippen LogP contribution in [0.5, 0.6) is 0 Å². The van der Waals surface area contributed by atoms with E-state index in [0.717, 1.165) is 17.6 Å². The molecule has 0 unspecified atom stereocenters. The second-order valence-corrected chi connectivity index (χ2v) is 5.88. The molecule has 0 fully saturated rings. The van der Waals surface area contributed by atoms with E-state index in [4.69, 9.17) is 16.7 Å². The lowest BCUT2D eigenvalue weighted by atomic mass is 10.1. The summed E-state index contributed by atoms with van der Waals surface area (Å²) in [5.41, 5.74) is 1.03. The molecular formula is C14H18ClNO3S. The van der Waals surface area contributed by atoms with Gasteiger partial charge in [-0.3, -0.25) is 0 Å². The van der Waals surface area contributed by atoms with Crippen LogP contribution in [0.25, 0.3) is 0 Å². The first-order chi connectivity index (χ1) is 9.63. The molecule has 0 radical (unpaired) electrons. The van der Waals surface area contributed by atoms with E-state index >= 15 is 0 Å². The molecule has 110 valence electrons. The first-order valence-electron chi connectivity index (χ1n) is 6.37. The number of rotatable bonds is 9. The van der Waals surface area contributed by atoms with E-state index in [1.54, 1.807) is 17.8 Å².